The molecule has 0 aromatic rings. The highest BCUT2D eigenvalue weighted by Gasteiger charge is 1.82. The minimum atomic E-state index is 1.06. The second kappa shape index (κ2) is 12.0. The summed E-state index contributed by atoms with van der Waals surface area (Å²) in [5.41, 5.74) is 0. The molecule has 0 nitrogen and oxygen atoms in total. The zero-order chi connectivity index (χ0) is 9.78. The van der Waals surface area contributed by atoms with E-state index in [-0.39, 0.29) is 0 Å². The van der Waals surface area contributed by atoms with E-state index < -0.39 is 0 Å². The van der Waals surface area contributed by atoms with Crippen LogP contribution in [-0.4, -0.2) is 5.33 Å². The van der Waals surface area contributed by atoms with E-state index in [4.69, 9.17) is 0 Å². The van der Waals surface area contributed by atoms with Crippen LogP contribution in [0.4, 0.5) is 0 Å². The van der Waals surface area contributed by atoms with Crippen LogP contribution in [0.25, 0.3) is 0 Å². The average molecular weight is 245 g/mol. The highest BCUT2D eigenvalue weighted by molar-refractivity contribution is 9.09. The summed E-state index contributed by atoms with van der Waals surface area (Å²) in [6.45, 7) is 2.25. The summed E-state index contributed by atoms with van der Waals surface area (Å²) < 4.78 is 0. The van der Waals surface area contributed by atoms with E-state index >= 15 is 0 Å². The Morgan fingerprint density at radius 3 is 2.23 bits per heavy atom. The van der Waals surface area contributed by atoms with Crippen LogP contribution in [0.2, 0.25) is 0 Å². The van der Waals surface area contributed by atoms with Crippen LogP contribution in [0.1, 0.15) is 45.4 Å². The topological polar surface area (TPSA) is 0 Å². The fourth-order valence-corrected chi connectivity index (χ4v) is 1.37. The molecule has 0 rings (SSSR count). The normalized spacial score (nSPS) is 11.8. The molecule has 0 aliphatic carbocycles. The molecule has 0 bridgehead atoms. The lowest BCUT2D eigenvalue weighted by Crippen LogP contribution is -1.73. The zero-order valence-electron chi connectivity index (χ0n) is 8.64. The van der Waals surface area contributed by atoms with Crippen LogP contribution in [0, 0.1) is 0 Å². The van der Waals surface area contributed by atoms with Gasteiger partial charge in [0.1, 0.15) is 0 Å². The molecule has 0 unspecified atom stereocenters. The maximum absolute atomic E-state index is 3.39. The van der Waals surface area contributed by atoms with Gasteiger partial charge in [0.15, 0.2) is 0 Å². The second-order valence-electron chi connectivity index (χ2n) is 3.18. The third-order valence-corrected chi connectivity index (χ3v) is 2.34. The van der Waals surface area contributed by atoms with Crippen molar-refractivity contribution in [3.05, 3.63) is 24.3 Å². The van der Waals surface area contributed by atoms with Crippen molar-refractivity contribution in [3.63, 3.8) is 0 Å². The second-order valence-corrected chi connectivity index (χ2v) is 3.98. The predicted molar refractivity (Wildman–Crippen MR) is 65.5 cm³/mol. The van der Waals surface area contributed by atoms with Crippen LogP contribution >= 0.6 is 15.9 Å². The zero-order valence-corrected chi connectivity index (χ0v) is 10.2. The van der Waals surface area contributed by atoms with Crippen LogP contribution in [0.15, 0.2) is 24.3 Å². The van der Waals surface area contributed by atoms with Gasteiger partial charge in [-0.3, -0.25) is 0 Å². The molecule has 0 saturated heterocycles. The molecule has 0 heterocycles. The smallest absolute Gasteiger partial charge is 0.00660 e. The molecule has 1 heteroatoms. The Balaban J connectivity index is 3.12. The largest absolute Gasteiger partial charge is 0.0925 e. The molecule has 76 valence electrons. The van der Waals surface area contributed by atoms with Gasteiger partial charge in [0.25, 0.3) is 0 Å². The first-order valence-corrected chi connectivity index (χ1v) is 6.41. The van der Waals surface area contributed by atoms with Crippen molar-refractivity contribution >= 4 is 15.9 Å². The Morgan fingerprint density at radius 2 is 1.62 bits per heavy atom. The third-order valence-electron chi connectivity index (χ3n) is 1.88. The van der Waals surface area contributed by atoms with Gasteiger partial charge in [-0.1, -0.05) is 66.4 Å². The number of hydrogen-bond acceptors (Lipinski definition) is 0. The van der Waals surface area contributed by atoms with Crippen molar-refractivity contribution in [2.45, 2.75) is 45.4 Å². The first-order chi connectivity index (χ1) is 6.41. The Kier molecular flexibility index (Phi) is 11.9. The van der Waals surface area contributed by atoms with Gasteiger partial charge in [-0.05, 0) is 19.3 Å². The van der Waals surface area contributed by atoms with Crippen LogP contribution < -0.4 is 0 Å². The van der Waals surface area contributed by atoms with Crippen LogP contribution in [-0.2, 0) is 0 Å². The molecule has 0 aromatic heterocycles. The van der Waals surface area contributed by atoms with Crippen molar-refractivity contribution < 1.29 is 0 Å². The van der Waals surface area contributed by atoms with Gasteiger partial charge in [-0.15, -0.1) is 0 Å². The summed E-state index contributed by atoms with van der Waals surface area (Å²) >= 11 is 3.39. The average Bonchev–Trinajstić information content (AvgIpc) is 2.16. The lowest BCUT2D eigenvalue weighted by atomic mass is 10.1. The molecule has 0 aliphatic heterocycles. The number of hydrogen-bond donors (Lipinski definition) is 0. The van der Waals surface area contributed by atoms with E-state index in [1.165, 1.54) is 32.1 Å². The van der Waals surface area contributed by atoms with Crippen molar-refractivity contribution in [2.75, 3.05) is 5.33 Å². The molecule has 0 spiro atoms. The summed E-state index contributed by atoms with van der Waals surface area (Å²) in [5.74, 6) is 0. The minimum absolute atomic E-state index is 1.06. The van der Waals surface area contributed by atoms with Crippen LogP contribution in [0.3, 0.4) is 0 Å². The van der Waals surface area contributed by atoms with Crippen molar-refractivity contribution in [1.82, 2.24) is 0 Å². The molecule has 0 aliphatic rings. The van der Waals surface area contributed by atoms with Gasteiger partial charge in [0, 0.05) is 5.33 Å². The molecule has 0 radical (unpaired) electrons. The van der Waals surface area contributed by atoms with Gasteiger partial charge >= 0.3 is 0 Å². The van der Waals surface area contributed by atoms with Gasteiger partial charge in [-0.2, -0.15) is 0 Å². The number of alkyl halides is 1. The quantitative estimate of drug-likeness (QED) is 0.325. The maximum Gasteiger partial charge on any atom is 0.00660 e. The first-order valence-electron chi connectivity index (χ1n) is 5.29. The molecular formula is C12H21Br. The molecule has 0 fully saturated rings. The lowest BCUT2D eigenvalue weighted by Gasteiger charge is -1.92. The molecule has 13 heavy (non-hydrogen) atoms. The first kappa shape index (κ1) is 13.0. The van der Waals surface area contributed by atoms with Crippen molar-refractivity contribution in [2.24, 2.45) is 0 Å². The standard InChI is InChI=1S/C12H21Br/c1-2-3-4-5-6-7-8-9-10-11-12-13/h7-10H,2-6,11-12H2,1H3. The minimum Gasteiger partial charge on any atom is -0.0925 e. The summed E-state index contributed by atoms with van der Waals surface area (Å²) in [7, 11) is 0. The SMILES string of the molecule is CCCCCCC=CC=CCCBr. The van der Waals surface area contributed by atoms with Gasteiger partial charge in [0.05, 0.1) is 0 Å². The molecule has 0 aromatic carbocycles. The summed E-state index contributed by atoms with van der Waals surface area (Å²) in [6, 6.07) is 0. The monoisotopic (exact) mass is 244 g/mol. The Morgan fingerprint density at radius 1 is 0.923 bits per heavy atom. The van der Waals surface area contributed by atoms with E-state index in [0.717, 1.165) is 11.8 Å². The fraction of sp³-hybridized carbons (Fsp3) is 0.667. The van der Waals surface area contributed by atoms with E-state index in [0.29, 0.717) is 0 Å². The fourth-order valence-electron chi connectivity index (χ4n) is 1.10. The highest BCUT2D eigenvalue weighted by atomic mass is 79.9. The van der Waals surface area contributed by atoms with E-state index in [2.05, 4.69) is 47.2 Å². The van der Waals surface area contributed by atoms with Gasteiger partial charge < -0.3 is 0 Å². The maximum atomic E-state index is 3.39. The van der Waals surface area contributed by atoms with E-state index in [9.17, 15) is 0 Å². The predicted octanol–water partition coefficient (Wildman–Crippen LogP) is 4.85. The van der Waals surface area contributed by atoms with Gasteiger partial charge in [-0.25, -0.2) is 0 Å². The number of rotatable bonds is 8. The molecular weight excluding hydrogens is 224 g/mol. The third kappa shape index (κ3) is 12.0. The Hall–Kier alpha value is -0.0400. The summed E-state index contributed by atoms with van der Waals surface area (Å²) in [6.07, 6.45) is 16.6. The molecule has 0 N–H and O–H groups in total. The molecule has 0 amide bonds. The highest BCUT2D eigenvalue weighted by Crippen LogP contribution is 2.02. The summed E-state index contributed by atoms with van der Waals surface area (Å²) in [5, 5.41) is 1.06. The van der Waals surface area contributed by atoms with Crippen LogP contribution in [0.5, 0.6) is 0 Å². The number of unbranched alkanes of at least 4 members (excludes halogenated alkanes) is 4. The molecule has 0 atom stereocenters. The number of allylic oxidation sites excluding steroid dienone is 4. The molecule has 0 saturated carbocycles. The van der Waals surface area contributed by atoms with E-state index in [1.807, 2.05) is 0 Å². The van der Waals surface area contributed by atoms with Crippen molar-refractivity contribution in [1.29, 1.82) is 0 Å². The Bertz CT molecular complexity index is 136. The van der Waals surface area contributed by atoms with Gasteiger partial charge in [0.2, 0.25) is 0 Å². The van der Waals surface area contributed by atoms with Crippen molar-refractivity contribution in [3.8, 4) is 0 Å². The van der Waals surface area contributed by atoms with E-state index in [1.54, 1.807) is 0 Å². The summed E-state index contributed by atoms with van der Waals surface area (Å²) in [4.78, 5) is 0. The lowest BCUT2D eigenvalue weighted by molar-refractivity contribution is 0.674. The Labute approximate surface area is 91.2 Å². The number of halogens is 1.